The highest BCUT2D eigenvalue weighted by Crippen LogP contribution is 2.29. The van der Waals surface area contributed by atoms with Gasteiger partial charge in [-0.3, -0.25) is 4.90 Å². The minimum absolute atomic E-state index is 0.101. The van der Waals surface area contributed by atoms with Gasteiger partial charge in [0.05, 0.1) is 24.8 Å². The van der Waals surface area contributed by atoms with Gasteiger partial charge in [-0.15, -0.1) is 0 Å². The van der Waals surface area contributed by atoms with Crippen LogP contribution in [-0.2, 0) is 18.3 Å². The van der Waals surface area contributed by atoms with Gasteiger partial charge in [0.2, 0.25) is 0 Å². The van der Waals surface area contributed by atoms with Crippen molar-refractivity contribution in [2.45, 2.75) is 38.1 Å². The van der Waals surface area contributed by atoms with Crippen molar-refractivity contribution in [3.8, 4) is 0 Å². The van der Waals surface area contributed by atoms with Crippen LogP contribution < -0.4 is 5.32 Å². The second-order valence-electron chi connectivity index (χ2n) is 6.61. The topological polar surface area (TPSA) is 60.1 Å². The van der Waals surface area contributed by atoms with E-state index < -0.39 is 0 Å². The lowest BCUT2D eigenvalue weighted by atomic mass is 10.1. The number of hydrogen-bond donors (Lipinski definition) is 1. The Balaban J connectivity index is 1.49. The van der Waals surface area contributed by atoms with Crippen molar-refractivity contribution in [2.24, 2.45) is 7.05 Å². The third kappa shape index (κ3) is 2.76. The van der Waals surface area contributed by atoms with Crippen LogP contribution in [0.2, 0.25) is 0 Å². The number of fused-ring (bicyclic) bond motifs is 1. The van der Waals surface area contributed by atoms with E-state index in [0.29, 0.717) is 6.04 Å². The highest BCUT2D eigenvalue weighted by atomic mass is 16.5. The Morgan fingerprint density at radius 3 is 2.83 bits per heavy atom. The molecule has 1 saturated heterocycles. The van der Waals surface area contributed by atoms with Crippen LogP contribution in [0.3, 0.4) is 0 Å². The van der Waals surface area contributed by atoms with E-state index in [1.54, 1.807) is 0 Å². The number of hydrogen-bond acceptors (Lipinski definition) is 5. The van der Waals surface area contributed by atoms with Crippen molar-refractivity contribution in [3.63, 3.8) is 0 Å². The first-order chi connectivity index (χ1) is 11.8. The molecule has 0 radical (unpaired) electrons. The van der Waals surface area contributed by atoms with Gasteiger partial charge in [0.15, 0.2) is 0 Å². The number of nitrogens with one attached hydrogen (secondary N) is 1. The van der Waals surface area contributed by atoms with Crippen molar-refractivity contribution >= 4 is 0 Å². The van der Waals surface area contributed by atoms with Gasteiger partial charge in [0.25, 0.3) is 0 Å². The van der Waals surface area contributed by atoms with E-state index in [1.807, 2.05) is 18.6 Å². The molecule has 0 amide bonds. The molecule has 0 aliphatic carbocycles. The summed E-state index contributed by atoms with van der Waals surface area (Å²) >= 11 is 0. The normalized spacial score (nSPS) is 27.5. The summed E-state index contributed by atoms with van der Waals surface area (Å²) in [5.74, 6) is 2.22. The van der Waals surface area contributed by atoms with Crippen LogP contribution in [0, 0.1) is 0 Å². The number of rotatable bonds is 5. The van der Waals surface area contributed by atoms with Gasteiger partial charge in [0.1, 0.15) is 11.6 Å². The van der Waals surface area contributed by atoms with Crippen molar-refractivity contribution in [3.05, 3.63) is 36.4 Å². The zero-order valence-electron chi connectivity index (χ0n) is 14.4. The molecule has 24 heavy (non-hydrogen) atoms. The molecule has 2 aromatic heterocycles. The molecule has 1 fully saturated rings. The molecule has 7 heteroatoms. The third-order valence-electron chi connectivity index (χ3n) is 5.27. The minimum Gasteiger partial charge on any atom is -0.373 e. The van der Waals surface area contributed by atoms with Gasteiger partial charge in [-0.05, 0) is 13.0 Å². The summed E-state index contributed by atoms with van der Waals surface area (Å²) < 4.78 is 10.5. The Kier molecular flexibility index (Phi) is 4.39. The first kappa shape index (κ1) is 15.8. The third-order valence-corrected chi connectivity index (χ3v) is 5.27. The molecule has 2 aliphatic heterocycles. The molecular formula is C17H26N6O. The van der Waals surface area contributed by atoms with Crippen LogP contribution >= 0.6 is 0 Å². The van der Waals surface area contributed by atoms with E-state index in [-0.39, 0.29) is 12.1 Å². The second kappa shape index (κ2) is 6.66. The first-order valence-corrected chi connectivity index (χ1v) is 8.85. The number of ether oxygens (including phenoxy) is 1. The smallest absolute Gasteiger partial charge is 0.128 e. The van der Waals surface area contributed by atoms with Crippen molar-refractivity contribution in [1.29, 1.82) is 0 Å². The number of likely N-dealkylation sites (N-methyl/N-ethyl adjacent to an activating group) is 1. The Morgan fingerprint density at radius 2 is 2.04 bits per heavy atom. The molecule has 0 bridgehead atoms. The average Bonchev–Trinajstić information content (AvgIpc) is 3.30. The van der Waals surface area contributed by atoms with E-state index in [2.05, 4.69) is 49.5 Å². The number of imidazole rings is 2. The van der Waals surface area contributed by atoms with Gasteiger partial charge in [-0.25, -0.2) is 9.97 Å². The minimum atomic E-state index is 0.101. The van der Waals surface area contributed by atoms with Crippen LogP contribution in [0.4, 0.5) is 0 Å². The van der Waals surface area contributed by atoms with E-state index in [1.165, 1.54) is 0 Å². The Hall–Kier alpha value is -1.70. The highest BCUT2D eigenvalue weighted by Gasteiger charge is 2.36. The quantitative estimate of drug-likeness (QED) is 0.890. The molecule has 2 aromatic rings. The van der Waals surface area contributed by atoms with Crippen LogP contribution in [0.15, 0.2) is 24.8 Å². The molecule has 0 saturated carbocycles. The predicted molar refractivity (Wildman–Crippen MR) is 90.5 cm³/mol. The summed E-state index contributed by atoms with van der Waals surface area (Å²) in [6.45, 7) is 6.80. The fraction of sp³-hybridized carbons (Fsp3) is 0.647. The van der Waals surface area contributed by atoms with E-state index in [4.69, 9.17) is 4.74 Å². The van der Waals surface area contributed by atoms with Crippen molar-refractivity contribution < 1.29 is 4.74 Å². The summed E-state index contributed by atoms with van der Waals surface area (Å²) in [6, 6.07) is 0.514. The van der Waals surface area contributed by atoms with Crippen LogP contribution in [0.5, 0.6) is 0 Å². The standard InChI is InChI=1S/C17H26N6O/c1-3-22-10-11-24-14(15(22)17-19-5-8-21(17)2)12-20-13-4-7-23-9-6-18-16(13)23/h5-6,8-9,13-15,20H,3-4,7,10-12H2,1-2H3/t13?,14-,15+/m0/s1. The fourth-order valence-corrected chi connectivity index (χ4v) is 3.97. The number of aryl methyl sites for hydroxylation is 2. The van der Waals surface area contributed by atoms with E-state index >= 15 is 0 Å². The Bertz CT molecular complexity index is 680. The Labute approximate surface area is 142 Å². The summed E-state index contributed by atoms with van der Waals surface area (Å²) in [5, 5.41) is 3.68. The highest BCUT2D eigenvalue weighted by molar-refractivity contribution is 5.07. The molecule has 0 spiro atoms. The van der Waals surface area contributed by atoms with Gasteiger partial charge in [-0.2, -0.15) is 0 Å². The van der Waals surface area contributed by atoms with Crippen LogP contribution in [0.1, 0.15) is 37.1 Å². The molecule has 2 aliphatic rings. The molecular weight excluding hydrogens is 304 g/mol. The molecule has 4 rings (SSSR count). The molecule has 4 heterocycles. The van der Waals surface area contributed by atoms with Crippen LogP contribution in [0.25, 0.3) is 0 Å². The maximum Gasteiger partial charge on any atom is 0.128 e. The maximum absolute atomic E-state index is 6.15. The zero-order chi connectivity index (χ0) is 16.5. The summed E-state index contributed by atoms with van der Waals surface area (Å²) in [6.07, 6.45) is 9.02. The van der Waals surface area contributed by atoms with Gasteiger partial charge in [0, 0.05) is 51.5 Å². The van der Waals surface area contributed by atoms with Crippen LogP contribution in [-0.4, -0.2) is 56.3 Å². The first-order valence-electron chi connectivity index (χ1n) is 8.85. The predicted octanol–water partition coefficient (Wildman–Crippen LogP) is 1.11. The lowest BCUT2D eigenvalue weighted by Gasteiger charge is -2.40. The summed E-state index contributed by atoms with van der Waals surface area (Å²) in [5.41, 5.74) is 0. The maximum atomic E-state index is 6.15. The van der Waals surface area contributed by atoms with Crippen molar-refractivity contribution in [2.75, 3.05) is 26.2 Å². The summed E-state index contributed by atoms with van der Waals surface area (Å²) in [7, 11) is 2.06. The molecule has 7 nitrogen and oxygen atoms in total. The monoisotopic (exact) mass is 330 g/mol. The van der Waals surface area contributed by atoms with Gasteiger partial charge >= 0.3 is 0 Å². The number of nitrogens with zero attached hydrogens (tertiary/aromatic N) is 5. The molecule has 0 aromatic carbocycles. The fourth-order valence-electron chi connectivity index (χ4n) is 3.97. The molecule has 3 atom stereocenters. The lowest BCUT2D eigenvalue weighted by Crippen LogP contribution is -2.50. The lowest BCUT2D eigenvalue weighted by molar-refractivity contribution is -0.0738. The largest absolute Gasteiger partial charge is 0.373 e. The molecule has 130 valence electrons. The summed E-state index contributed by atoms with van der Waals surface area (Å²) in [4.78, 5) is 11.5. The molecule has 1 unspecified atom stereocenters. The Morgan fingerprint density at radius 1 is 1.21 bits per heavy atom. The number of morpholine rings is 1. The van der Waals surface area contributed by atoms with Crippen molar-refractivity contribution in [1.82, 2.24) is 29.3 Å². The number of aromatic nitrogens is 4. The van der Waals surface area contributed by atoms with E-state index in [9.17, 15) is 0 Å². The van der Waals surface area contributed by atoms with E-state index in [0.717, 1.165) is 50.9 Å². The van der Waals surface area contributed by atoms with Gasteiger partial charge in [-0.1, -0.05) is 6.92 Å². The van der Waals surface area contributed by atoms with Gasteiger partial charge < -0.3 is 19.2 Å². The molecule has 1 N–H and O–H groups in total. The zero-order valence-corrected chi connectivity index (χ0v) is 14.4. The SMILES string of the molecule is CCN1CCO[C@@H](CNC2CCn3ccnc32)[C@@H]1c1nccn1C. The second-order valence-corrected chi connectivity index (χ2v) is 6.61. The average molecular weight is 330 g/mol.